The van der Waals surface area contributed by atoms with Gasteiger partial charge in [0.1, 0.15) is 5.76 Å². The van der Waals surface area contributed by atoms with Crippen molar-refractivity contribution in [2.45, 2.75) is 63.8 Å². The van der Waals surface area contributed by atoms with Gasteiger partial charge in [0.15, 0.2) is 5.96 Å². The third kappa shape index (κ3) is 9.39. The van der Waals surface area contributed by atoms with Crippen molar-refractivity contribution >= 4 is 35.8 Å². The molecule has 2 N–H and O–H groups in total. The van der Waals surface area contributed by atoms with Gasteiger partial charge in [0.25, 0.3) is 0 Å². The molecule has 176 valence electrons. The standard InChI is InChI=1S/C23H38N4O3.HI/c1-29-17-12-22(28)27-14-10-20(11-15-27)26-23(24-13-9-21-8-5-16-30-21)25-18-19-6-3-2-4-7-19;/h5,8,16,19-20H,2-4,6-7,9-15,17-18H2,1H3,(H2,24,25,26);1H. The number of guanidine groups is 1. The zero-order valence-electron chi connectivity index (χ0n) is 18.8. The highest BCUT2D eigenvalue weighted by atomic mass is 127. The minimum Gasteiger partial charge on any atom is -0.469 e. The van der Waals surface area contributed by atoms with Crippen molar-refractivity contribution in [3.05, 3.63) is 24.2 Å². The van der Waals surface area contributed by atoms with Crippen LogP contribution in [0, 0.1) is 5.92 Å². The van der Waals surface area contributed by atoms with E-state index in [0.717, 1.165) is 57.2 Å². The summed E-state index contributed by atoms with van der Waals surface area (Å²) in [5.41, 5.74) is 0. The summed E-state index contributed by atoms with van der Waals surface area (Å²) < 4.78 is 10.5. The number of nitrogens with one attached hydrogen (secondary N) is 2. The number of carbonyl (C=O) groups is 1. The number of furan rings is 1. The largest absolute Gasteiger partial charge is 0.469 e. The van der Waals surface area contributed by atoms with Crippen LogP contribution in [0.15, 0.2) is 27.8 Å². The lowest BCUT2D eigenvalue weighted by atomic mass is 9.89. The summed E-state index contributed by atoms with van der Waals surface area (Å²) in [6.45, 7) is 3.77. The number of hydrogen-bond donors (Lipinski definition) is 2. The molecule has 0 bridgehead atoms. The van der Waals surface area contributed by atoms with Gasteiger partial charge in [-0.25, -0.2) is 0 Å². The number of nitrogens with zero attached hydrogens (tertiary/aromatic N) is 2. The molecule has 1 aliphatic carbocycles. The molecule has 1 aromatic heterocycles. The minimum atomic E-state index is 0. The van der Waals surface area contributed by atoms with Crippen LogP contribution in [0.2, 0.25) is 0 Å². The number of halogens is 1. The van der Waals surface area contributed by atoms with Crippen molar-refractivity contribution in [3.8, 4) is 0 Å². The number of carbonyl (C=O) groups excluding carboxylic acids is 1. The maximum absolute atomic E-state index is 12.2. The smallest absolute Gasteiger partial charge is 0.224 e. The highest BCUT2D eigenvalue weighted by Crippen LogP contribution is 2.23. The first-order chi connectivity index (χ1) is 14.7. The van der Waals surface area contributed by atoms with E-state index >= 15 is 0 Å². The molecule has 1 aromatic rings. The number of aliphatic imine (C=N–C) groups is 1. The van der Waals surface area contributed by atoms with Gasteiger partial charge in [0.05, 0.1) is 19.3 Å². The van der Waals surface area contributed by atoms with Gasteiger partial charge in [0.2, 0.25) is 5.91 Å². The molecule has 0 aromatic carbocycles. The fourth-order valence-electron chi connectivity index (χ4n) is 4.32. The van der Waals surface area contributed by atoms with E-state index in [1.54, 1.807) is 13.4 Å². The first kappa shape index (κ1) is 26.0. The molecule has 7 nitrogen and oxygen atoms in total. The molecule has 8 heteroatoms. The van der Waals surface area contributed by atoms with Gasteiger partial charge in [-0.3, -0.25) is 9.79 Å². The Balaban J connectivity index is 0.00000341. The van der Waals surface area contributed by atoms with Gasteiger partial charge in [0, 0.05) is 45.8 Å². The lowest BCUT2D eigenvalue weighted by Crippen LogP contribution is -2.50. The fourth-order valence-corrected chi connectivity index (χ4v) is 4.32. The Bertz CT molecular complexity index is 639. The fraction of sp³-hybridized carbons (Fsp3) is 0.739. The van der Waals surface area contributed by atoms with E-state index in [9.17, 15) is 4.79 Å². The van der Waals surface area contributed by atoms with Crippen LogP contribution in [0.25, 0.3) is 0 Å². The van der Waals surface area contributed by atoms with Crippen molar-refractivity contribution < 1.29 is 13.9 Å². The molecule has 0 spiro atoms. The normalized spacial score (nSPS) is 18.5. The van der Waals surface area contributed by atoms with Crippen molar-refractivity contribution in [2.75, 3.05) is 39.9 Å². The first-order valence-corrected chi connectivity index (χ1v) is 11.6. The molecule has 1 amide bonds. The number of likely N-dealkylation sites (tertiary alicyclic amines) is 1. The number of rotatable bonds is 9. The molecule has 0 unspecified atom stereocenters. The Hall–Kier alpha value is -1.29. The van der Waals surface area contributed by atoms with Crippen LogP contribution in [0.1, 0.15) is 57.1 Å². The van der Waals surface area contributed by atoms with Gasteiger partial charge in [-0.1, -0.05) is 19.3 Å². The summed E-state index contributed by atoms with van der Waals surface area (Å²) in [6.07, 6.45) is 11.6. The molecular formula is C23H39IN4O3. The monoisotopic (exact) mass is 546 g/mol. The molecule has 1 saturated carbocycles. The zero-order valence-corrected chi connectivity index (χ0v) is 21.1. The van der Waals surface area contributed by atoms with Crippen LogP contribution in [-0.4, -0.2) is 62.7 Å². The summed E-state index contributed by atoms with van der Waals surface area (Å²) in [7, 11) is 1.64. The molecule has 2 fully saturated rings. The minimum absolute atomic E-state index is 0. The summed E-state index contributed by atoms with van der Waals surface area (Å²) in [5.74, 6) is 2.79. The van der Waals surface area contributed by atoms with Crippen molar-refractivity contribution in [1.82, 2.24) is 15.5 Å². The predicted molar refractivity (Wildman–Crippen MR) is 134 cm³/mol. The Morgan fingerprint density at radius 1 is 1.23 bits per heavy atom. The number of methoxy groups -OCH3 is 1. The van der Waals surface area contributed by atoms with E-state index in [1.807, 2.05) is 17.0 Å². The average molecular weight is 546 g/mol. The van der Waals surface area contributed by atoms with Crippen molar-refractivity contribution in [1.29, 1.82) is 0 Å². The Labute approximate surface area is 203 Å². The third-order valence-corrected chi connectivity index (χ3v) is 6.18. The summed E-state index contributed by atoms with van der Waals surface area (Å²) in [4.78, 5) is 19.1. The van der Waals surface area contributed by atoms with E-state index in [0.29, 0.717) is 25.0 Å². The van der Waals surface area contributed by atoms with E-state index < -0.39 is 0 Å². The molecular weight excluding hydrogens is 507 g/mol. The van der Waals surface area contributed by atoms with E-state index in [4.69, 9.17) is 14.1 Å². The summed E-state index contributed by atoms with van der Waals surface area (Å²) >= 11 is 0. The van der Waals surface area contributed by atoms with Crippen molar-refractivity contribution in [3.63, 3.8) is 0 Å². The maximum atomic E-state index is 12.2. The van der Waals surface area contributed by atoms with Crippen LogP contribution < -0.4 is 10.6 Å². The highest BCUT2D eigenvalue weighted by molar-refractivity contribution is 14.0. The summed E-state index contributed by atoms with van der Waals surface area (Å²) in [5, 5.41) is 7.11. The quantitative estimate of drug-likeness (QED) is 0.281. The van der Waals surface area contributed by atoms with Gasteiger partial charge in [-0.2, -0.15) is 0 Å². The Kier molecular flexibility index (Phi) is 12.3. The van der Waals surface area contributed by atoms with E-state index in [-0.39, 0.29) is 29.9 Å². The molecule has 1 aliphatic heterocycles. The van der Waals surface area contributed by atoms with Crippen LogP contribution >= 0.6 is 24.0 Å². The Morgan fingerprint density at radius 2 is 2.00 bits per heavy atom. The lowest BCUT2D eigenvalue weighted by Gasteiger charge is -2.33. The van der Waals surface area contributed by atoms with Crippen LogP contribution in [0.5, 0.6) is 0 Å². The zero-order chi connectivity index (χ0) is 21.0. The average Bonchev–Trinajstić information content (AvgIpc) is 3.30. The summed E-state index contributed by atoms with van der Waals surface area (Å²) in [6, 6.07) is 4.27. The van der Waals surface area contributed by atoms with E-state index in [1.165, 1.54) is 32.1 Å². The number of piperidine rings is 1. The Morgan fingerprint density at radius 3 is 2.68 bits per heavy atom. The number of amides is 1. The van der Waals surface area contributed by atoms with Gasteiger partial charge in [-0.05, 0) is 43.7 Å². The second-order valence-corrected chi connectivity index (χ2v) is 8.49. The van der Waals surface area contributed by atoms with Crippen LogP contribution in [0.4, 0.5) is 0 Å². The van der Waals surface area contributed by atoms with Crippen LogP contribution in [-0.2, 0) is 16.0 Å². The molecule has 2 aliphatic rings. The lowest BCUT2D eigenvalue weighted by molar-refractivity contribution is -0.133. The van der Waals surface area contributed by atoms with Crippen LogP contribution in [0.3, 0.4) is 0 Å². The topological polar surface area (TPSA) is 79.1 Å². The first-order valence-electron chi connectivity index (χ1n) is 11.6. The SMILES string of the molecule is COCCC(=O)N1CCC(NC(=NCC2CCCCC2)NCCc2ccco2)CC1.I. The molecule has 3 rings (SSSR count). The molecule has 31 heavy (non-hydrogen) atoms. The van der Waals surface area contributed by atoms with Gasteiger partial charge in [-0.15, -0.1) is 24.0 Å². The van der Waals surface area contributed by atoms with Gasteiger partial charge >= 0.3 is 0 Å². The third-order valence-electron chi connectivity index (χ3n) is 6.18. The second-order valence-electron chi connectivity index (χ2n) is 8.49. The van der Waals surface area contributed by atoms with Crippen molar-refractivity contribution in [2.24, 2.45) is 10.9 Å². The molecule has 1 saturated heterocycles. The maximum Gasteiger partial charge on any atom is 0.224 e. The van der Waals surface area contributed by atoms with Gasteiger partial charge < -0.3 is 24.7 Å². The molecule has 0 radical (unpaired) electrons. The highest BCUT2D eigenvalue weighted by Gasteiger charge is 2.23. The predicted octanol–water partition coefficient (Wildman–Crippen LogP) is 3.58. The molecule has 0 atom stereocenters. The molecule has 2 heterocycles. The number of hydrogen-bond acceptors (Lipinski definition) is 4. The second kappa shape index (κ2) is 14.7. The van der Waals surface area contributed by atoms with E-state index in [2.05, 4.69) is 10.6 Å². The number of ether oxygens (including phenoxy) is 1.